The van der Waals surface area contributed by atoms with Gasteiger partial charge in [-0.15, -0.1) is 0 Å². The van der Waals surface area contributed by atoms with E-state index in [1.807, 2.05) is 38.1 Å². The summed E-state index contributed by atoms with van der Waals surface area (Å²) in [6.07, 6.45) is 6.35. The predicted molar refractivity (Wildman–Crippen MR) is 112 cm³/mol. The molecule has 3 atom stereocenters. The molecule has 1 fully saturated rings. The van der Waals surface area contributed by atoms with E-state index in [0.717, 1.165) is 11.3 Å². The number of pyridine rings is 1. The Hall–Kier alpha value is -2.50. The number of likely N-dealkylation sites (tertiary alicyclic amines) is 1. The third-order valence-corrected chi connectivity index (χ3v) is 5.45. The first-order valence-corrected chi connectivity index (χ1v) is 9.93. The molecule has 5 nitrogen and oxygen atoms in total. The van der Waals surface area contributed by atoms with Crippen LogP contribution in [0.3, 0.4) is 0 Å². The Bertz CT molecular complexity index is 789. The molecular weight excluding hydrogens is 350 g/mol. The fraction of sp³-hybridized carbons (Fsp3) is 0.391. The maximum absolute atomic E-state index is 11.8. The van der Waals surface area contributed by atoms with Crippen molar-refractivity contribution in [3.63, 3.8) is 0 Å². The first-order chi connectivity index (χ1) is 13.7. The van der Waals surface area contributed by atoms with Gasteiger partial charge in [-0.2, -0.15) is 0 Å². The lowest BCUT2D eigenvalue weighted by Crippen LogP contribution is -2.66. The van der Waals surface area contributed by atoms with Crippen LogP contribution in [0.4, 0.5) is 0 Å². The van der Waals surface area contributed by atoms with Crippen LogP contribution in [0.5, 0.6) is 0 Å². The summed E-state index contributed by atoms with van der Waals surface area (Å²) < 4.78 is 0. The van der Waals surface area contributed by atoms with Crippen molar-refractivity contribution in [3.8, 4) is 0 Å². The molecule has 0 aliphatic carbocycles. The zero-order valence-corrected chi connectivity index (χ0v) is 16.6. The molecule has 148 valence electrons. The van der Waals surface area contributed by atoms with Crippen molar-refractivity contribution < 1.29 is 9.90 Å². The van der Waals surface area contributed by atoms with Gasteiger partial charge in [0.1, 0.15) is 0 Å². The molecule has 28 heavy (non-hydrogen) atoms. The van der Waals surface area contributed by atoms with E-state index in [1.54, 1.807) is 6.20 Å². The van der Waals surface area contributed by atoms with E-state index >= 15 is 0 Å². The van der Waals surface area contributed by atoms with Crippen molar-refractivity contribution in [2.24, 2.45) is 0 Å². The van der Waals surface area contributed by atoms with Crippen LogP contribution in [-0.4, -0.2) is 46.1 Å². The highest BCUT2D eigenvalue weighted by atomic mass is 16.3. The van der Waals surface area contributed by atoms with Crippen LogP contribution in [-0.2, 0) is 11.3 Å². The molecule has 1 amide bonds. The standard InChI is InChI=1S/C23H29N3O2/c1-3-7-17-9-11-18(12-10-17)23-20(14-25-22(28)4-2)26(21(23)16-27)15-19-8-5-6-13-24-19/h3,5-13,20-21,23,27H,4,14-16H2,1-2H3,(H,25,28)/t20-,21+,23-/m0/s1. The number of benzene rings is 1. The normalized spacial score (nSPS) is 22.2. The molecule has 5 heteroatoms. The molecule has 0 saturated carbocycles. The molecule has 1 aliphatic rings. The number of allylic oxidation sites excluding steroid dienone is 1. The summed E-state index contributed by atoms with van der Waals surface area (Å²) in [7, 11) is 0. The summed E-state index contributed by atoms with van der Waals surface area (Å²) in [6.45, 7) is 5.16. The quantitative estimate of drug-likeness (QED) is 0.740. The van der Waals surface area contributed by atoms with Crippen LogP contribution >= 0.6 is 0 Å². The Morgan fingerprint density at radius 1 is 1.21 bits per heavy atom. The zero-order valence-electron chi connectivity index (χ0n) is 16.6. The van der Waals surface area contributed by atoms with E-state index in [9.17, 15) is 9.90 Å². The SMILES string of the molecule is CC=Cc1ccc([C@@H]2[C@@H](CO)N(Cc3ccccn3)[C@H]2CNC(=O)CC)cc1. The Balaban J connectivity index is 1.82. The van der Waals surface area contributed by atoms with E-state index in [4.69, 9.17) is 0 Å². The van der Waals surface area contributed by atoms with Gasteiger partial charge in [0.15, 0.2) is 0 Å². The van der Waals surface area contributed by atoms with Crippen LogP contribution < -0.4 is 5.32 Å². The molecule has 3 rings (SSSR count). The van der Waals surface area contributed by atoms with E-state index < -0.39 is 0 Å². The van der Waals surface area contributed by atoms with Gasteiger partial charge >= 0.3 is 0 Å². The number of nitrogens with one attached hydrogen (secondary N) is 1. The number of amides is 1. The molecule has 2 heterocycles. The van der Waals surface area contributed by atoms with Gasteiger partial charge in [0.05, 0.1) is 12.3 Å². The average molecular weight is 380 g/mol. The lowest BCUT2D eigenvalue weighted by molar-refractivity contribution is -0.122. The minimum absolute atomic E-state index is 0.0121. The fourth-order valence-electron chi connectivity index (χ4n) is 4.00. The summed E-state index contributed by atoms with van der Waals surface area (Å²) in [4.78, 5) is 18.5. The molecule has 0 radical (unpaired) electrons. The number of carbonyl (C=O) groups is 1. The number of aliphatic hydroxyl groups excluding tert-OH is 1. The van der Waals surface area contributed by atoms with Crippen molar-refractivity contribution in [2.75, 3.05) is 13.2 Å². The van der Waals surface area contributed by atoms with Crippen LogP contribution in [0.2, 0.25) is 0 Å². The monoisotopic (exact) mass is 379 g/mol. The molecule has 0 spiro atoms. The average Bonchev–Trinajstić information content (AvgIpc) is 2.72. The van der Waals surface area contributed by atoms with Gasteiger partial charge in [-0.25, -0.2) is 0 Å². The van der Waals surface area contributed by atoms with Crippen LogP contribution in [0.25, 0.3) is 6.08 Å². The Morgan fingerprint density at radius 3 is 2.61 bits per heavy atom. The summed E-state index contributed by atoms with van der Waals surface area (Å²) in [5.41, 5.74) is 3.32. The van der Waals surface area contributed by atoms with E-state index in [1.165, 1.54) is 5.56 Å². The molecule has 1 saturated heterocycles. The number of carbonyl (C=O) groups excluding carboxylic acids is 1. The van der Waals surface area contributed by atoms with Gasteiger partial charge in [-0.05, 0) is 30.2 Å². The van der Waals surface area contributed by atoms with Crippen molar-refractivity contribution >= 4 is 12.0 Å². The number of aromatic nitrogens is 1. The minimum atomic E-state index is 0.0121. The third-order valence-electron chi connectivity index (χ3n) is 5.45. The smallest absolute Gasteiger partial charge is 0.219 e. The maximum atomic E-state index is 11.8. The molecule has 2 aromatic rings. The van der Waals surface area contributed by atoms with E-state index in [2.05, 4.69) is 45.5 Å². The van der Waals surface area contributed by atoms with Gasteiger partial charge in [0, 0.05) is 43.7 Å². The molecule has 0 unspecified atom stereocenters. The second kappa shape index (κ2) is 9.62. The van der Waals surface area contributed by atoms with Crippen molar-refractivity contribution in [2.45, 2.75) is 44.8 Å². The second-order valence-electron chi connectivity index (χ2n) is 7.16. The summed E-state index contributed by atoms with van der Waals surface area (Å²) in [6, 6.07) is 14.5. The van der Waals surface area contributed by atoms with Crippen LogP contribution in [0, 0.1) is 0 Å². The van der Waals surface area contributed by atoms with Crippen LogP contribution in [0.1, 0.15) is 43.0 Å². The molecule has 1 aromatic carbocycles. The topological polar surface area (TPSA) is 65.5 Å². The van der Waals surface area contributed by atoms with Crippen LogP contribution in [0.15, 0.2) is 54.7 Å². The van der Waals surface area contributed by atoms with Gasteiger partial charge in [0.2, 0.25) is 5.91 Å². The van der Waals surface area contributed by atoms with Gasteiger partial charge < -0.3 is 10.4 Å². The number of hydrogen-bond donors (Lipinski definition) is 2. The molecule has 1 aliphatic heterocycles. The van der Waals surface area contributed by atoms with E-state index in [-0.39, 0.29) is 30.5 Å². The fourth-order valence-corrected chi connectivity index (χ4v) is 4.00. The number of rotatable bonds is 8. The van der Waals surface area contributed by atoms with Gasteiger partial charge in [0.25, 0.3) is 0 Å². The Labute approximate surface area is 167 Å². The largest absolute Gasteiger partial charge is 0.395 e. The number of hydrogen-bond acceptors (Lipinski definition) is 4. The lowest BCUT2D eigenvalue weighted by Gasteiger charge is -2.55. The maximum Gasteiger partial charge on any atom is 0.219 e. The lowest BCUT2D eigenvalue weighted by atomic mass is 9.74. The Morgan fingerprint density at radius 2 is 2.00 bits per heavy atom. The van der Waals surface area contributed by atoms with E-state index in [0.29, 0.717) is 19.5 Å². The number of nitrogens with zero attached hydrogens (tertiary/aromatic N) is 2. The molecule has 1 aromatic heterocycles. The molecular formula is C23H29N3O2. The minimum Gasteiger partial charge on any atom is -0.395 e. The first-order valence-electron chi connectivity index (χ1n) is 9.93. The zero-order chi connectivity index (χ0) is 19.9. The van der Waals surface area contributed by atoms with Gasteiger partial charge in [-0.1, -0.05) is 49.4 Å². The second-order valence-corrected chi connectivity index (χ2v) is 7.16. The summed E-state index contributed by atoms with van der Waals surface area (Å²) >= 11 is 0. The molecule has 2 N–H and O–H groups in total. The van der Waals surface area contributed by atoms with Crippen molar-refractivity contribution in [1.82, 2.24) is 15.2 Å². The highest BCUT2D eigenvalue weighted by molar-refractivity contribution is 5.75. The highest BCUT2D eigenvalue weighted by Gasteiger charge is 2.48. The third kappa shape index (κ3) is 4.49. The summed E-state index contributed by atoms with van der Waals surface area (Å²) in [5, 5.41) is 13.1. The van der Waals surface area contributed by atoms with Gasteiger partial charge in [-0.3, -0.25) is 14.7 Å². The molecule has 0 bridgehead atoms. The van der Waals surface area contributed by atoms with Crippen molar-refractivity contribution in [1.29, 1.82) is 0 Å². The highest BCUT2D eigenvalue weighted by Crippen LogP contribution is 2.41. The summed E-state index contributed by atoms with van der Waals surface area (Å²) in [5.74, 6) is 0.220. The van der Waals surface area contributed by atoms with Crippen molar-refractivity contribution in [3.05, 3.63) is 71.6 Å². The predicted octanol–water partition coefficient (Wildman–Crippen LogP) is 2.97. The first kappa shape index (κ1) is 20.2. The Kier molecular flexibility index (Phi) is 6.95. The number of aliphatic hydroxyl groups is 1.